The lowest BCUT2D eigenvalue weighted by Gasteiger charge is -2.11. The second-order valence-electron chi connectivity index (χ2n) is 6.86. The first-order chi connectivity index (χ1) is 12.6. The Bertz CT molecular complexity index is 942. The zero-order chi connectivity index (χ0) is 18.1. The number of benzene rings is 2. The van der Waals surface area contributed by atoms with E-state index in [9.17, 15) is 9.18 Å². The summed E-state index contributed by atoms with van der Waals surface area (Å²) in [4.78, 5) is 19.0. The highest BCUT2D eigenvalue weighted by atomic mass is 19.1. The number of aromatic amines is 1. The van der Waals surface area contributed by atoms with Crippen LogP contribution in [0.1, 0.15) is 41.6 Å². The molecular formula is C20H21FN4O. The number of rotatable bonds is 5. The van der Waals surface area contributed by atoms with Gasteiger partial charge in [0.05, 0.1) is 11.1 Å². The number of carbonyl (C=O) groups is 1. The molecule has 1 saturated carbocycles. The van der Waals surface area contributed by atoms with Gasteiger partial charge in [0.15, 0.2) is 0 Å². The average molecular weight is 352 g/mol. The molecule has 0 bridgehead atoms. The maximum atomic E-state index is 13.7. The van der Waals surface area contributed by atoms with Crippen LogP contribution in [0.15, 0.2) is 36.4 Å². The minimum atomic E-state index is -0.694. The summed E-state index contributed by atoms with van der Waals surface area (Å²) in [6.07, 6.45) is 5.15. The normalized spacial score (nSPS) is 15.0. The standard InChI is InChI=1S/C20H21FN4O/c21-14-9-16(19(22)26)18-17(10-14)24-20(25-18)13-7-5-12(6-8-13)11-23-15-3-1-2-4-15/h5-10,15,23H,1-4,11H2,(H2,22,26)(H,24,25). The number of halogens is 1. The van der Waals surface area contributed by atoms with Crippen molar-refractivity contribution in [1.82, 2.24) is 15.3 Å². The molecule has 6 heteroatoms. The summed E-state index contributed by atoms with van der Waals surface area (Å²) >= 11 is 0. The number of H-pyrrole nitrogens is 1. The van der Waals surface area contributed by atoms with Crippen LogP contribution in [0.3, 0.4) is 0 Å². The van der Waals surface area contributed by atoms with Gasteiger partial charge in [0.2, 0.25) is 0 Å². The van der Waals surface area contributed by atoms with Crippen molar-refractivity contribution < 1.29 is 9.18 Å². The summed E-state index contributed by atoms with van der Waals surface area (Å²) in [6.45, 7) is 0.849. The third-order valence-electron chi connectivity index (χ3n) is 4.99. The van der Waals surface area contributed by atoms with Gasteiger partial charge in [0.25, 0.3) is 5.91 Å². The second kappa shape index (κ2) is 6.88. The van der Waals surface area contributed by atoms with Crippen LogP contribution in [0.5, 0.6) is 0 Å². The number of imidazole rings is 1. The first-order valence-corrected chi connectivity index (χ1v) is 8.92. The van der Waals surface area contributed by atoms with Crippen LogP contribution in [0, 0.1) is 5.82 Å². The van der Waals surface area contributed by atoms with Crippen LogP contribution < -0.4 is 11.1 Å². The summed E-state index contributed by atoms with van der Waals surface area (Å²) in [5.74, 6) is -0.626. The Hall–Kier alpha value is -2.73. The minimum absolute atomic E-state index is 0.0832. The van der Waals surface area contributed by atoms with E-state index in [0.29, 0.717) is 22.9 Å². The molecule has 1 aromatic heterocycles. The highest BCUT2D eigenvalue weighted by Crippen LogP contribution is 2.24. The molecule has 0 atom stereocenters. The van der Waals surface area contributed by atoms with Gasteiger partial charge in [-0.3, -0.25) is 4.79 Å². The molecule has 1 fully saturated rings. The number of hydrogen-bond donors (Lipinski definition) is 3. The predicted molar refractivity (Wildman–Crippen MR) is 99.1 cm³/mol. The van der Waals surface area contributed by atoms with Crippen LogP contribution >= 0.6 is 0 Å². The number of carbonyl (C=O) groups excluding carboxylic acids is 1. The summed E-state index contributed by atoms with van der Waals surface area (Å²) in [7, 11) is 0. The van der Waals surface area contributed by atoms with Gasteiger partial charge in [-0.1, -0.05) is 37.1 Å². The number of primary amides is 1. The quantitative estimate of drug-likeness (QED) is 0.657. The Morgan fingerprint density at radius 1 is 1.23 bits per heavy atom. The Balaban J connectivity index is 1.57. The van der Waals surface area contributed by atoms with Gasteiger partial charge in [-0.05, 0) is 30.5 Å². The van der Waals surface area contributed by atoms with E-state index >= 15 is 0 Å². The van der Waals surface area contributed by atoms with E-state index in [1.807, 2.05) is 12.1 Å². The lowest BCUT2D eigenvalue weighted by Crippen LogP contribution is -2.25. The van der Waals surface area contributed by atoms with Gasteiger partial charge < -0.3 is 16.0 Å². The van der Waals surface area contributed by atoms with Crippen molar-refractivity contribution in [3.05, 3.63) is 53.3 Å². The van der Waals surface area contributed by atoms with Crippen molar-refractivity contribution in [1.29, 1.82) is 0 Å². The summed E-state index contributed by atoms with van der Waals surface area (Å²) in [5, 5.41) is 3.59. The molecule has 0 unspecified atom stereocenters. The Morgan fingerprint density at radius 3 is 2.65 bits per heavy atom. The molecule has 0 aliphatic heterocycles. The third-order valence-corrected chi connectivity index (χ3v) is 4.99. The topological polar surface area (TPSA) is 83.8 Å². The minimum Gasteiger partial charge on any atom is -0.366 e. The van der Waals surface area contributed by atoms with E-state index < -0.39 is 11.7 Å². The molecule has 5 nitrogen and oxygen atoms in total. The largest absolute Gasteiger partial charge is 0.366 e. The zero-order valence-corrected chi connectivity index (χ0v) is 14.4. The number of nitrogens with zero attached hydrogens (tertiary/aromatic N) is 1. The Morgan fingerprint density at radius 2 is 1.96 bits per heavy atom. The van der Waals surface area contributed by atoms with Crippen LogP contribution in [0.4, 0.5) is 4.39 Å². The predicted octanol–water partition coefficient (Wildman–Crippen LogP) is 3.50. The molecule has 4 N–H and O–H groups in total. The van der Waals surface area contributed by atoms with Crippen LogP contribution in [0.2, 0.25) is 0 Å². The fraction of sp³-hybridized carbons (Fsp3) is 0.300. The van der Waals surface area contributed by atoms with Gasteiger partial charge >= 0.3 is 0 Å². The van der Waals surface area contributed by atoms with Crippen molar-refractivity contribution in [2.45, 2.75) is 38.3 Å². The number of aromatic nitrogens is 2. The van der Waals surface area contributed by atoms with Crippen LogP contribution in [-0.4, -0.2) is 21.9 Å². The second-order valence-corrected chi connectivity index (χ2v) is 6.86. The summed E-state index contributed by atoms with van der Waals surface area (Å²) < 4.78 is 13.7. The molecule has 2 aromatic carbocycles. The maximum absolute atomic E-state index is 13.7. The fourth-order valence-corrected chi connectivity index (χ4v) is 3.58. The molecule has 0 saturated heterocycles. The summed E-state index contributed by atoms with van der Waals surface area (Å²) in [6, 6.07) is 11.1. The monoisotopic (exact) mass is 352 g/mol. The average Bonchev–Trinajstić information content (AvgIpc) is 3.29. The first-order valence-electron chi connectivity index (χ1n) is 8.92. The number of nitrogens with two attached hydrogens (primary N) is 1. The van der Waals surface area contributed by atoms with E-state index in [4.69, 9.17) is 5.73 Å². The Kier molecular flexibility index (Phi) is 4.42. The molecule has 0 spiro atoms. The zero-order valence-electron chi connectivity index (χ0n) is 14.4. The van der Waals surface area contributed by atoms with Crippen molar-refractivity contribution in [2.24, 2.45) is 5.73 Å². The lowest BCUT2D eigenvalue weighted by molar-refractivity contribution is 0.100. The van der Waals surface area contributed by atoms with Gasteiger partial charge in [-0.25, -0.2) is 9.37 Å². The van der Waals surface area contributed by atoms with Crippen molar-refractivity contribution in [3.63, 3.8) is 0 Å². The van der Waals surface area contributed by atoms with Crippen molar-refractivity contribution in [2.75, 3.05) is 0 Å². The molecule has 1 aliphatic carbocycles. The van der Waals surface area contributed by atoms with E-state index in [1.54, 1.807) is 0 Å². The molecule has 0 radical (unpaired) electrons. The Labute approximate surface area is 150 Å². The van der Waals surface area contributed by atoms with Crippen LogP contribution in [-0.2, 0) is 6.54 Å². The summed E-state index contributed by atoms with van der Waals surface area (Å²) in [5.41, 5.74) is 8.35. The van der Waals surface area contributed by atoms with Gasteiger partial charge in [0.1, 0.15) is 17.2 Å². The SMILES string of the molecule is NC(=O)c1cc(F)cc2[nH]c(-c3ccc(CNC4CCCC4)cc3)nc12. The third kappa shape index (κ3) is 3.32. The smallest absolute Gasteiger partial charge is 0.251 e. The van der Waals surface area contributed by atoms with Gasteiger partial charge in [0, 0.05) is 18.2 Å². The highest BCUT2D eigenvalue weighted by Gasteiger charge is 2.15. The maximum Gasteiger partial charge on any atom is 0.251 e. The number of hydrogen-bond acceptors (Lipinski definition) is 3. The number of nitrogens with one attached hydrogen (secondary N) is 2. The van der Waals surface area contributed by atoms with Crippen LogP contribution in [0.25, 0.3) is 22.4 Å². The van der Waals surface area contributed by atoms with Gasteiger partial charge in [-0.15, -0.1) is 0 Å². The lowest BCUT2D eigenvalue weighted by atomic mass is 10.1. The van der Waals surface area contributed by atoms with E-state index in [-0.39, 0.29) is 5.56 Å². The van der Waals surface area contributed by atoms with E-state index in [0.717, 1.165) is 18.2 Å². The van der Waals surface area contributed by atoms with Gasteiger partial charge in [-0.2, -0.15) is 0 Å². The number of amides is 1. The number of fused-ring (bicyclic) bond motifs is 1. The molecule has 1 heterocycles. The molecule has 3 aromatic rings. The molecule has 1 amide bonds. The van der Waals surface area contributed by atoms with Crippen molar-refractivity contribution in [3.8, 4) is 11.4 Å². The molecule has 4 rings (SSSR count). The van der Waals surface area contributed by atoms with Crippen molar-refractivity contribution >= 4 is 16.9 Å². The molecule has 1 aliphatic rings. The van der Waals surface area contributed by atoms with E-state index in [1.165, 1.54) is 37.3 Å². The molecular weight excluding hydrogens is 331 g/mol. The molecule has 134 valence electrons. The first kappa shape index (κ1) is 16.7. The molecule has 26 heavy (non-hydrogen) atoms. The highest BCUT2D eigenvalue weighted by molar-refractivity contribution is 6.04. The van der Waals surface area contributed by atoms with E-state index in [2.05, 4.69) is 27.4 Å². The fourth-order valence-electron chi connectivity index (χ4n) is 3.58.